The van der Waals surface area contributed by atoms with Gasteiger partial charge in [0.25, 0.3) is 5.56 Å². The van der Waals surface area contributed by atoms with Crippen LogP contribution in [0.15, 0.2) is 35.1 Å². The lowest BCUT2D eigenvalue weighted by molar-refractivity contribution is 0.112. The van der Waals surface area contributed by atoms with E-state index in [-0.39, 0.29) is 5.56 Å². The van der Waals surface area contributed by atoms with Crippen LogP contribution in [0.5, 0.6) is 0 Å². The number of para-hydroxylation sites is 1. The Balaban J connectivity index is 2.44. The summed E-state index contributed by atoms with van der Waals surface area (Å²) in [7, 11) is 0. The standard InChI is InChI=1S/C16H15N3O2/c1-10-8-13(9-20)11(2)18(10)19-12(3)17-15-7-5-4-6-14(15)16(19)21/h4-9H,1-3H3. The lowest BCUT2D eigenvalue weighted by atomic mass is 10.2. The Labute approximate surface area is 121 Å². The minimum absolute atomic E-state index is 0.141. The molecule has 0 spiro atoms. The molecule has 0 saturated heterocycles. The first-order chi connectivity index (χ1) is 10.0. The van der Waals surface area contributed by atoms with Crippen molar-refractivity contribution in [3.63, 3.8) is 0 Å². The first-order valence-corrected chi connectivity index (χ1v) is 6.67. The summed E-state index contributed by atoms with van der Waals surface area (Å²) >= 11 is 0. The average molecular weight is 281 g/mol. The second-order valence-corrected chi connectivity index (χ2v) is 5.05. The highest BCUT2D eigenvalue weighted by Crippen LogP contribution is 2.15. The molecule has 0 N–H and O–H groups in total. The zero-order chi connectivity index (χ0) is 15.1. The largest absolute Gasteiger partial charge is 0.298 e. The monoisotopic (exact) mass is 281 g/mol. The number of aromatic nitrogens is 3. The fourth-order valence-corrected chi connectivity index (χ4v) is 2.67. The van der Waals surface area contributed by atoms with Gasteiger partial charge in [-0.05, 0) is 39.0 Å². The van der Waals surface area contributed by atoms with Gasteiger partial charge in [0, 0.05) is 17.0 Å². The Morgan fingerprint density at radius 2 is 1.81 bits per heavy atom. The highest BCUT2D eigenvalue weighted by molar-refractivity contribution is 5.78. The predicted octanol–water partition coefficient (Wildman–Crippen LogP) is 2.25. The molecule has 0 fully saturated rings. The van der Waals surface area contributed by atoms with Crippen molar-refractivity contribution in [2.45, 2.75) is 20.8 Å². The van der Waals surface area contributed by atoms with E-state index in [1.807, 2.05) is 32.0 Å². The van der Waals surface area contributed by atoms with Gasteiger partial charge in [0.1, 0.15) is 5.82 Å². The number of rotatable bonds is 2. The average Bonchev–Trinajstić information content (AvgIpc) is 2.75. The number of hydrogen-bond donors (Lipinski definition) is 0. The van der Waals surface area contributed by atoms with Gasteiger partial charge in [-0.1, -0.05) is 12.1 Å². The molecule has 3 aromatic rings. The molecular weight excluding hydrogens is 266 g/mol. The zero-order valence-electron chi connectivity index (χ0n) is 12.1. The number of aldehydes is 1. The van der Waals surface area contributed by atoms with E-state index in [4.69, 9.17) is 0 Å². The van der Waals surface area contributed by atoms with Gasteiger partial charge in [-0.25, -0.2) is 4.98 Å². The van der Waals surface area contributed by atoms with Crippen molar-refractivity contribution >= 4 is 17.2 Å². The summed E-state index contributed by atoms with van der Waals surface area (Å²) in [6.07, 6.45) is 0.799. The second-order valence-electron chi connectivity index (χ2n) is 5.05. The van der Waals surface area contributed by atoms with E-state index in [1.165, 1.54) is 4.68 Å². The SMILES string of the molecule is Cc1cc(C=O)c(C)n1-n1c(C)nc2ccccc2c1=O. The summed E-state index contributed by atoms with van der Waals surface area (Å²) < 4.78 is 3.25. The number of hydrogen-bond acceptors (Lipinski definition) is 3. The van der Waals surface area contributed by atoms with Crippen LogP contribution in [0.2, 0.25) is 0 Å². The Morgan fingerprint density at radius 1 is 1.10 bits per heavy atom. The molecule has 0 atom stereocenters. The van der Waals surface area contributed by atoms with Gasteiger partial charge in [0.05, 0.1) is 10.9 Å². The van der Waals surface area contributed by atoms with Crippen molar-refractivity contribution in [3.05, 3.63) is 63.5 Å². The molecule has 2 aromatic heterocycles. The van der Waals surface area contributed by atoms with E-state index >= 15 is 0 Å². The van der Waals surface area contributed by atoms with Crippen molar-refractivity contribution < 1.29 is 4.79 Å². The summed E-state index contributed by atoms with van der Waals surface area (Å²) in [5.74, 6) is 0.581. The maximum Gasteiger partial charge on any atom is 0.280 e. The van der Waals surface area contributed by atoms with Crippen LogP contribution < -0.4 is 5.56 Å². The van der Waals surface area contributed by atoms with Gasteiger partial charge in [0.15, 0.2) is 6.29 Å². The molecule has 5 heteroatoms. The Bertz CT molecular complexity index is 919. The topological polar surface area (TPSA) is 56.9 Å². The van der Waals surface area contributed by atoms with Crippen LogP contribution in [-0.2, 0) is 0 Å². The van der Waals surface area contributed by atoms with Gasteiger partial charge in [-0.3, -0.25) is 14.3 Å². The number of fused-ring (bicyclic) bond motifs is 1. The van der Waals surface area contributed by atoms with Crippen LogP contribution in [0.4, 0.5) is 0 Å². The van der Waals surface area contributed by atoms with Crippen molar-refractivity contribution in [2.75, 3.05) is 0 Å². The summed E-state index contributed by atoms with van der Waals surface area (Å²) in [4.78, 5) is 28.3. The molecule has 0 saturated carbocycles. The van der Waals surface area contributed by atoms with Crippen molar-refractivity contribution in [3.8, 4) is 0 Å². The second kappa shape index (κ2) is 4.70. The number of carbonyl (C=O) groups excluding carboxylic acids is 1. The van der Waals surface area contributed by atoms with Crippen LogP contribution in [0.25, 0.3) is 10.9 Å². The quantitative estimate of drug-likeness (QED) is 0.677. The van der Waals surface area contributed by atoms with E-state index in [9.17, 15) is 9.59 Å². The van der Waals surface area contributed by atoms with E-state index < -0.39 is 0 Å². The molecule has 0 radical (unpaired) electrons. The minimum Gasteiger partial charge on any atom is -0.298 e. The first kappa shape index (κ1) is 13.3. The van der Waals surface area contributed by atoms with Crippen molar-refractivity contribution in [2.24, 2.45) is 0 Å². The maximum atomic E-state index is 12.8. The van der Waals surface area contributed by atoms with E-state index in [0.29, 0.717) is 22.3 Å². The first-order valence-electron chi connectivity index (χ1n) is 6.67. The van der Waals surface area contributed by atoms with E-state index in [0.717, 1.165) is 17.7 Å². The maximum absolute atomic E-state index is 12.8. The van der Waals surface area contributed by atoms with Crippen LogP contribution >= 0.6 is 0 Å². The molecular formula is C16H15N3O2. The summed E-state index contributed by atoms with van der Waals surface area (Å²) in [5, 5.41) is 0.559. The minimum atomic E-state index is -0.141. The van der Waals surface area contributed by atoms with Crippen molar-refractivity contribution in [1.29, 1.82) is 0 Å². The molecule has 2 heterocycles. The van der Waals surface area contributed by atoms with Crippen LogP contribution in [0, 0.1) is 20.8 Å². The van der Waals surface area contributed by atoms with Crippen LogP contribution in [0.3, 0.4) is 0 Å². The summed E-state index contributed by atoms with van der Waals surface area (Å²) in [6.45, 7) is 5.46. The third kappa shape index (κ3) is 1.89. The number of benzene rings is 1. The molecule has 1 aromatic carbocycles. The summed E-state index contributed by atoms with van der Waals surface area (Å²) in [6, 6.07) is 9.02. The molecule has 0 aliphatic rings. The molecule has 5 nitrogen and oxygen atoms in total. The van der Waals surface area contributed by atoms with E-state index in [2.05, 4.69) is 4.98 Å². The summed E-state index contributed by atoms with van der Waals surface area (Å²) in [5.41, 5.74) is 2.65. The normalized spacial score (nSPS) is 11.0. The highest BCUT2D eigenvalue weighted by atomic mass is 16.1. The number of aryl methyl sites for hydroxylation is 2. The molecule has 0 unspecified atom stereocenters. The molecule has 0 bridgehead atoms. The zero-order valence-corrected chi connectivity index (χ0v) is 12.1. The molecule has 106 valence electrons. The Morgan fingerprint density at radius 3 is 2.48 bits per heavy atom. The molecule has 0 aliphatic carbocycles. The highest BCUT2D eigenvalue weighted by Gasteiger charge is 2.15. The molecule has 0 aliphatic heterocycles. The third-order valence-corrected chi connectivity index (χ3v) is 3.68. The van der Waals surface area contributed by atoms with Crippen LogP contribution in [0.1, 0.15) is 27.6 Å². The van der Waals surface area contributed by atoms with Crippen molar-refractivity contribution in [1.82, 2.24) is 14.3 Å². The lowest BCUT2D eigenvalue weighted by Crippen LogP contribution is -2.30. The molecule has 3 rings (SSSR count). The van der Waals surface area contributed by atoms with Gasteiger partial charge < -0.3 is 0 Å². The lowest BCUT2D eigenvalue weighted by Gasteiger charge is -2.15. The van der Waals surface area contributed by atoms with Gasteiger partial charge >= 0.3 is 0 Å². The predicted molar refractivity (Wildman–Crippen MR) is 80.8 cm³/mol. The smallest absolute Gasteiger partial charge is 0.280 e. The molecule has 21 heavy (non-hydrogen) atoms. The number of carbonyl (C=O) groups is 1. The van der Waals surface area contributed by atoms with Crippen LogP contribution in [-0.4, -0.2) is 20.6 Å². The van der Waals surface area contributed by atoms with Gasteiger partial charge in [-0.2, -0.15) is 4.68 Å². The van der Waals surface area contributed by atoms with E-state index in [1.54, 1.807) is 23.7 Å². The van der Waals surface area contributed by atoms with Gasteiger partial charge in [-0.15, -0.1) is 0 Å². The Kier molecular flexibility index (Phi) is 2.97. The van der Waals surface area contributed by atoms with Gasteiger partial charge in [0.2, 0.25) is 0 Å². The third-order valence-electron chi connectivity index (χ3n) is 3.68. The fraction of sp³-hybridized carbons (Fsp3) is 0.188. The Hall–Kier alpha value is -2.69. The number of nitrogens with zero attached hydrogens (tertiary/aromatic N) is 3. The molecule has 0 amide bonds. The fourth-order valence-electron chi connectivity index (χ4n) is 2.67.